The first kappa shape index (κ1) is 13.0. The van der Waals surface area contributed by atoms with Gasteiger partial charge in [-0.3, -0.25) is 0 Å². The Morgan fingerprint density at radius 2 is 1.70 bits per heavy atom. The van der Waals surface area contributed by atoms with Gasteiger partial charge in [0.25, 0.3) is 0 Å². The number of hydrogen-bond acceptors (Lipinski definition) is 3. The summed E-state index contributed by atoms with van der Waals surface area (Å²) in [6.45, 7) is 0. The minimum Gasteiger partial charge on any atom is -0.397 e. The SMILES string of the molecule is Nc1ccccc1N(c1ccccn1)C1CCCCC1. The van der Waals surface area contributed by atoms with E-state index >= 15 is 0 Å². The van der Waals surface area contributed by atoms with Crippen molar-refractivity contribution < 1.29 is 0 Å². The highest BCUT2D eigenvalue weighted by Crippen LogP contribution is 2.35. The fourth-order valence-corrected chi connectivity index (χ4v) is 3.05. The molecule has 0 atom stereocenters. The topological polar surface area (TPSA) is 42.1 Å². The molecule has 3 rings (SSSR count). The third kappa shape index (κ3) is 2.62. The van der Waals surface area contributed by atoms with Crippen LogP contribution in [0.1, 0.15) is 32.1 Å². The number of anilines is 3. The summed E-state index contributed by atoms with van der Waals surface area (Å²) >= 11 is 0. The first-order chi connectivity index (χ1) is 9.86. The van der Waals surface area contributed by atoms with Gasteiger partial charge in [0, 0.05) is 12.2 Å². The number of nitrogens with two attached hydrogens (primary N) is 1. The zero-order valence-corrected chi connectivity index (χ0v) is 11.7. The van der Waals surface area contributed by atoms with Gasteiger partial charge in [0.2, 0.25) is 0 Å². The molecular formula is C17H21N3. The molecule has 1 aliphatic carbocycles. The first-order valence-electron chi connectivity index (χ1n) is 7.41. The van der Waals surface area contributed by atoms with Crippen molar-refractivity contribution >= 4 is 17.2 Å². The van der Waals surface area contributed by atoms with Crippen LogP contribution in [0.15, 0.2) is 48.7 Å². The highest BCUT2D eigenvalue weighted by Gasteiger charge is 2.24. The van der Waals surface area contributed by atoms with Gasteiger partial charge >= 0.3 is 0 Å². The maximum atomic E-state index is 6.20. The molecule has 0 amide bonds. The number of aromatic nitrogens is 1. The Morgan fingerprint density at radius 3 is 2.40 bits per heavy atom. The van der Waals surface area contributed by atoms with Gasteiger partial charge in [-0.2, -0.15) is 0 Å². The maximum Gasteiger partial charge on any atom is 0.133 e. The largest absolute Gasteiger partial charge is 0.397 e. The zero-order chi connectivity index (χ0) is 13.8. The third-order valence-corrected chi connectivity index (χ3v) is 4.03. The van der Waals surface area contributed by atoms with Crippen LogP contribution in [0, 0.1) is 0 Å². The number of para-hydroxylation sites is 2. The highest BCUT2D eigenvalue weighted by atomic mass is 15.2. The molecule has 3 nitrogen and oxygen atoms in total. The molecule has 2 N–H and O–H groups in total. The Bertz CT molecular complexity index is 547. The molecule has 20 heavy (non-hydrogen) atoms. The monoisotopic (exact) mass is 267 g/mol. The molecule has 1 heterocycles. The predicted octanol–water partition coefficient (Wildman–Crippen LogP) is 4.13. The van der Waals surface area contributed by atoms with E-state index in [1.54, 1.807) is 0 Å². The second-order valence-electron chi connectivity index (χ2n) is 5.41. The fourth-order valence-electron chi connectivity index (χ4n) is 3.05. The summed E-state index contributed by atoms with van der Waals surface area (Å²) in [6.07, 6.45) is 8.21. The van der Waals surface area contributed by atoms with Crippen molar-refractivity contribution in [3.63, 3.8) is 0 Å². The van der Waals surface area contributed by atoms with Gasteiger partial charge in [-0.05, 0) is 37.1 Å². The smallest absolute Gasteiger partial charge is 0.133 e. The van der Waals surface area contributed by atoms with Gasteiger partial charge in [0.1, 0.15) is 5.82 Å². The number of rotatable bonds is 3. The van der Waals surface area contributed by atoms with Crippen molar-refractivity contribution in [2.24, 2.45) is 0 Å². The quantitative estimate of drug-likeness (QED) is 0.850. The molecule has 0 bridgehead atoms. The Hall–Kier alpha value is -2.03. The Labute approximate surface area is 120 Å². The highest BCUT2D eigenvalue weighted by molar-refractivity contribution is 5.73. The van der Waals surface area contributed by atoms with E-state index in [1.807, 2.05) is 36.5 Å². The number of nitrogens with zero attached hydrogens (tertiary/aromatic N) is 2. The van der Waals surface area contributed by atoms with Gasteiger partial charge in [0.05, 0.1) is 11.4 Å². The predicted molar refractivity (Wildman–Crippen MR) is 84.1 cm³/mol. The van der Waals surface area contributed by atoms with E-state index in [4.69, 9.17) is 5.73 Å². The normalized spacial score (nSPS) is 16.0. The summed E-state index contributed by atoms with van der Waals surface area (Å²) < 4.78 is 0. The molecule has 0 spiro atoms. The van der Waals surface area contributed by atoms with Crippen LogP contribution in [0.5, 0.6) is 0 Å². The minimum absolute atomic E-state index is 0.503. The van der Waals surface area contributed by atoms with Gasteiger partial charge < -0.3 is 10.6 Å². The molecule has 0 radical (unpaired) electrons. The van der Waals surface area contributed by atoms with Crippen molar-refractivity contribution in [1.82, 2.24) is 4.98 Å². The van der Waals surface area contributed by atoms with Crippen molar-refractivity contribution in [3.8, 4) is 0 Å². The van der Waals surface area contributed by atoms with Crippen molar-refractivity contribution in [3.05, 3.63) is 48.7 Å². The van der Waals surface area contributed by atoms with Crippen LogP contribution in [0.4, 0.5) is 17.2 Å². The molecule has 1 saturated carbocycles. The average molecular weight is 267 g/mol. The maximum absolute atomic E-state index is 6.20. The average Bonchev–Trinajstić information content (AvgIpc) is 2.52. The lowest BCUT2D eigenvalue weighted by molar-refractivity contribution is 0.434. The third-order valence-electron chi connectivity index (χ3n) is 4.03. The van der Waals surface area contributed by atoms with Gasteiger partial charge in [0.15, 0.2) is 0 Å². The number of pyridine rings is 1. The van der Waals surface area contributed by atoms with Crippen molar-refractivity contribution in [1.29, 1.82) is 0 Å². The minimum atomic E-state index is 0.503. The van der Waals surface area contributed by atoms with Crippen LogP contribution in [0.3, 0.4) is 0 Å². The first-order valence-corrected chi connectivity index (χ1v) is 7.41. The molecule has 104 valence electrons. The summed E-state index contributed by atoms with van der Waals surface area (Å²) in [7, 11) is 0. The Morgan fingerprint density at radius 1 is 0.950 bits per heavy atom. The van der Waals surface area contributed by atoms with Crippen molar-refractivity contribution in [2.45, 2.75) is 38.1 Å². The standard InChI is InChI=1S/C17H21N3/c18-15-10-4-5-11-16(15)20(14-8-2-1-3-9-14)17-12-6-7-13-19-17/h4-7,10-14H,1-3,8-9,18H2. The molecule has 0 aliphatic heterocycles. The number of benzene rings is 1. The summed E-state index contributed by atoms with van der Waals surface area (Å²) in [5.41, 5.74) is 8.10. The molecule has 1 aliphatic rings. The fraction of sp³-hybridized carbons (Fsp3) is 0.353. The van der Waals surface area contributed by atoms with Crippen LogP contribution >= 0.6 is 0 Å². The molecule has 0 unspecified atom stereocenters. The van der Waals surface area contributed by atoms with E-state index in [0.29, 0.717) is 6.04 Å². The van der Waals surface area contributed by atoms with Crippen LogP contribution in [-0.4, -0.2) is 11.0 Å². The van der Waals surface area contributed by atoms with Crippen LogP contribution in [0.2, 0.25) is 0 Å². The molecule has 1 aromatic heterocycles. The molecule has 1 fully saturated rings. The summed E-state index contributed by atoms with van der Waals surface area (Å²) in [4.78, 5) is 6.87. The van der Waals surface area contributed by atoms with E-state index in [1.165, 1.54) is 32.1 Å². The lowest BCUT2D eigenvalue weighted by Crippen LogP contribution is -2.34. The molecule has 2 aromatic rings. The van der Waals surface area contributed by atoms with Crippen LogP contribution in [-0.2, 0) is 0 Å². The second-order valence-corrected chi connectivity index (χ2v) is 5.41. The Balaban J connectivity index is 2.01. The molecular weight excluding hydrogens is 246 g/mol. The Kier molecular flexibility index (Phi) is 3.86. The van der Waals surface area contributed by atoms with Gasteiger partial charge in [-0.25, -0.2) is 4.98 Å². The lowest BCUT2D eigenvalue weighted by Gasteiger charge is -2.36. The van der Waals surface area contributed by atoms with E-state index < -0.39 is 0 Å². The zero-order valence-electron chi connectivity index (χ0n) is 11.7. The molecule has 0 saturated heterocycles. The van der Waals surface area contributed by atoms with Crippen molar-refractivity contribution in [2.75, 3.05) is 10.6 Å². The van der Waals surface area contributed by atoms with Crippen LogP contribution < -0.4 is 10.6 Å². The number of hydrogen-bond donors (Lipinski definition) is 1. The van der Waals surface area contributed by atoms with Gasteiger partial charge in [-0.1, -0.05) is 37.5 Å². The number of nitrogen functional groups attached to an aromatic ring is 1. The van der Waals surface area contributed by atoms with Gasteiger partial charge in [-0.15, -0.1) is 0 Å². The molecule has 3 heteroatoms. The lowest BCUT2D eigenvalue weighted by atomic mass is 9.93. The van der Waals surface area contributed by atoms with E-state index in [9.17, 15) is 0 Å². The van der Waals surface area contributed by atoms with E-state index in [-0.39, 0.29) is 0 Å². The summed E-state index contributed by atoms with van der Waals surface area (Å²) in [6, 6.07) is 14.7. The summed E-state index contributed by atoms with van der Waals surface area (Å²) in [5, 5.41) is 0. The second kappa shape index (κ2) is 5.95. The molecule has 1 aromatic carbocycles. The van der Waals surface area contributed by atoms with E-state index in [2.05, 4.69) is 22.0 Å². The van der Waals surface area contributed by atoms with Crippen LogP contribution in [0.25, 0.3) is 0 Å². The summed E-state index contributed by atoms with van der Waals surface area (Å²) in [5.74, 6) is 0.998. The van der Waals surface area contributed by atoms with E-state index in [0.717, 1.165) is 17.2 Å².